The third kappa shape index (κ3) is 1.71. The Kier molecular flexibility index (Phi) is 3.92. The third-order valence-electron chi connectivity index (χ3n) is 7.63. The molecule has 4 rings (SSSR count). The zero-order valence-electron chi connectivity index (χ0n) is 16.3. The Labute approximate surface area is 160 Å². The van der Waals surface area contributed by atoms with Crippen molar-refractivity contribution in [2.75, 3.05) is 26.2 Å². The number of likely N-dealkylation sites (N-methyl/N-ethyl adjacent to an activating group) is 1. The summed E-state index contributed by atoms with van der Waals surface area (Å²) in [5, 5.41) is 0. The Balaban J connectivity index is 2.12. The van der Waals surface area contributed by atoms with Crippen molar-refractivity contribution in [2.24, 2.45) is 11.3 Å². The number of hydrogen-bond acceptors (Lipinski definition) is 5. The van der Waals surface area contributed by atoms with Crippen LogP contribution >= 0.6 is 0 Å². The molecule has 3 aliphatic rings. The van der Waals surface area contributed by atoms with Crippen LogP contribution in [0.2, 0.25) is 0 Å². The van der Waals surface area contributed by atoms with Crippen LogP contribution in [0.3, 0.4) is 0 Å². The molecule has 0 spiro atoms. The molecule has 1 aromatic carbocycles. The highest BCUT2D eigenvalue weighted by atomic mass is 16.5. The van der Waals surface area contributed by atoms with Crippen molar-refractivity contribution in [1.29, 1.82) is 0 Å². The van der Waals surface area contributed by atoms with Gasteiger partial charge in [-0.3, -0.25) is 9.59 Å². The number of allylic oxidation sites excluding steroid dienone is 1. The predicted molar refractivity (Wildman–Crippen MR) is 102 cm³/mol. The first-order valence-electron chi connectivity index (χ1n) is 9.60. The minimum atomic E-state index is -1.37. The molecule has 2 fully saturated rings. The highest BCUT2D eigenvalue weighted by molar-refractivity contribution is 6.05. The van der Waals surface area contributed by atoms with Gasteiger partial charge in [0, 0.05) is 18.2 Å². The lowest BCUT2D eigenvalue weighted by Crippen LogP contribution is -2.69. The van der Waals surface area contributed by atoms with E-state index in [1.807, 2.05) is 25.3 Å². The molecule has 0 radical (unpaired) electrons. The van der Waals surface area contributed by atoms with Crippen LogP contribution in [0, 0.1) is 11.3 Å². The predicted octanol–water partition coefficient (Wildman–Crippen LogP) is 3.23. The molecule has 0 saturated heterocycles. The van der Waals surface area contributed by atoms with E-state index >= 15 is 0 Å². The summed E-state index contributed by atoms with van der Waals surface area (Å²) in [5.74, 6) is -1.00. The van der Waals surface area contributed by atoms with E-state index in [1.54, 1.807) is 0 Å². The van der Waals surface area contributed by atoms with Gasteiger partial charge in [0.2, 0.25) is 0 Å². The standard InChI is InChI=1S/C22H27NO4/c1-5-15-14-21(18(24)26-3,19(25)27-4)22-13-9-8-12-20(15,22)16-10-6-7-11-17(16)23(22)2/h5-7,10-11,15H,1,8-9,12-14H2,2-4H3/t15-,20+,22-/m0/s1. The third-order valence-corrected chi connectivity index (χ3v) is 7.63. The molecular weight excluding hydrogens is 342 g/mol. The molecule has 0 bridgehead atoms. The van der Waals surface area contributed by atoms with Gasteiger partial charge in [0.25, 0.3) is 0 Å². The first-order valence-corrected chi connectivity index (χ1v) is 9.60. The van der Waals surface area contributed by atoms with E-state index in [2.05, 4.69) is 23.6 Å². The molecule has 3 atom stereocenters. The fraction of sp³-hybridized carbons (Fsp3) is 0.545. The summed E-state index contributed by atoms with van der Waals surface area (Å²) >= 11 is 0. The first kappa shape index (κ1) is 18.1. The Morgan fingerprint density at radius 3 is 2.41 bits per heavy atom. The van der Waals surface area contributed by atoms with E-state index in [-0.39, 0.29) is 11.3 Å². The van der Waals surface area contributed by atoms with Crippen molar-refractivity contribution >= 4 is 17.6 Å². The number of methoxy groups -OCH3 is 2. The number of rotatable bonds is 3. The highest BCUT2D eigenvalue weighted by Crippen LogP contribution is 2.74. The first-order chi connectivity index (χ1) is 13.0. The van der Waals surface area contributed by atoms with E-state index in [0.29, 0.717) is 6.42 Å². The largest absolute Gasteiger partial charge is 0.468 e. The van der Waals surface area contributed by atoms with Gasteiger partial charge in [0.15, 0.2) is 5.41 Å². The molecule has 0 amide bonds. The highest BCUT2D eigenvalue weighted by Gasteiger charge is 2.82. The fourth-order valence-electron chi connectivity index (χ4n) is 6.85. The molecule has 0 N–H and O–H groups in total. The summed E-state index contributed by atoms with van der Waals surface area (Å²) < 4.78 is 10.5. The average Bonchev–Trinajstić information content (AvgIpc) is 3.13. The number of esters is 2. The summed E-state index contributed by atoms with van der Waals surface area (Å²) in [4.78, 5) is 28.8. The van der Waals surface area contributed by atoms with E-state index in [0.717, 1.165) is 31.4 Å². The van der Waals surface area contributed by atoms with Crippen LogP contribution in [0.4, 0.5) is 5.69 Å². The summed E-state index contributed by atoms with van der Waals surface area (Å²) in [5.41, 5.74) is -0.125. The Morgan fingerprint density at radius 1 is 1.15 bits per heavy atom. The zero-order chi connectivity index (χ0) is 19.4. The lowest BCUT2D eigenvalue weighted by molar-refractivity contribution is -0.175. The van der Waals surface area contributed by atoms with Crippen molar-refractivity contribution in [2.45, 2.75) is 43.1 Å². The summed E-state index contributed by atoms with van der Waals surface area (Å²) in [7, 11) is 4.73. The van der Waals surface area contributed by atoms with Gasteiger partial charge >= 0.3 is 11.9 Å². The maximum Gasteiger partial charge on any atom is 0.325 e. The summed E-state index contributed by atoms with van der Waals surface area (Å²) in [6, 6.07) is 8.29. The van der Waals surface area contributed by atoms with Crippen LogP contribution in [-0.4, -0.2) is 38.7 Å². The molecule has 5 nitrogen and oxygen atoms in total. The van der Waals surface area contributed by atoms with Crippen LogP contribution in [-0.2, 0) is 24.5 Å². The monoisotopic (exact) mass is 369 g/mol. The van der Waals surface area contributed by atoms with Crippen LogP contribution in [0.25, 0.3) is 0 Å². The molecule has 1 heterocycles. The van der Waals surface area contributed by atoms with Gasteiger partial charge in [-0.2, -0.15) is 0 Å². The number of hydrogen-bond donors (Lipinski definition) is 0. The van der Waals surface area contributed by atoms with E-state index < -0.39 is 22.9 Å². The molecule has 2 aliphatic carbocycles. The molecule has 0 unspecified atom stereocenters. The Bertz CT molecular complexity index is 802. The average molecular weight is 369 g/mol. The number of benzene rings is 1. The fourth-order valence-corrected chi connectivity index (χ4v) is 6.85. The second kappa shape index (κ2) is 5.85. The molecule has 144 valence electrons. The number of carbonyl (C=O) groups is 2. The molecule has 1 aromatic rings. The minimum Gasteiger partial charge on any atom is -0.468 e. The minimum absolute atomic E-state index is 0.0119. The van der Waals surface area contributed by atoms with Crippen molar-refractivity contribution < 1.29 is 19.1 Å². The van der Waals surface area contributed by atoms with Gasteiger partial charge in [0.05, 0.1) is 19.8 Å². The smallest absolute Gasteiger partial charge is 0.325 e. The van der Waals surface area contributed by atoms with E-state index in [9.17, 15) is 9.59 Å². The van der Waals surface area contributed by atoms with Gasteiger partial charge in [0.1, 0.15) is 0 Å². The van der Waals surface area contributed by atoms with Gasteiger partial charge in [-0.05, 0) is 36.8 Å². The van der Waals surface area contributed by atoms with Crippen molar-refractivity contribution in [1.82, 2.24) is 0 Å². The maximum absolute atomic E-state index is 13.3. The zero-order valence-corrected chi connectivity index (χ0v) is 16.3. The molecule has 2 saturated carbocycles. The van der Waals surface area contributed by atoms with E-state index in [4.69, 9.17) is 9.47 Å². The number of fused-ring (bicyclic) bond motifs is 1. The van der Waals surface area contributed by atoms with Gasteiger partial charge in [-0.15, -0.1) is 6.58 Å². The van der Waals surface area contributed by atoms with Gasteiger partial charge < -0.3 is 14.4 Å². The summed E-state index contributed by atoms with van der Waals surface area (Å²) in [6.45, 7) is 4.10. The van der Waals surface area contributed by atoms with Crippen LogP contribution < -0.4 is 4.90 Å². The van der Waals surface area contributed by atoms with Gasteiger partial charge in [-0.25, -0.2) is 0 Å². The Hall–Kier alpha value is -2.30. The lowest BCUT2D eigenvalue weighted by atomic mass is 9.53. The van der Waals surface area contributed by atoms with Crippen LogP contribution in [0.5, 0.6) is 0 Å². The number of anilines is 1. The maximum atomic E-state index is 13.3. The van der Waals surface area contributed by atoms with Crippen molar-refractivity contribution in [3.63, 3.8) is 0 Å². The number of para-hydroxylation sites is 1. The van der Waals surface area contributed by atoms with Crippen molar-refractivity contribution in [3.05, 3.63) is 42.5 Å². The summed E-state index contributed by atoms with van der Waals surface area (Å²) in [6.07, 6.45) is 5.98. The molecule has 0 aromatic heterocycles. The number of ether oxygens (including phenoxy) is 2. The van der Waals surface area contributed by atoms with Crippen LogP contribution in [0.15, 0.2) is 36.9 Å². The van der Waals surface area contributed by atoms with E-state index in [1.165, 1.54) is 19.8 Å². The van der Waals surface area contributed by atoms with Gasteiger partial charge in [-0.1, -0.05) is 37.1 Å². The second-order valence-electron chi connectivity index (χ2n) is 8.05. The van der Waals surface area contributed by atoms with Crippen molar-refractivity contribution in [3.8, 4) is 0 Å². The topological polar surface area (TPSA) is 55.8 Å². The normalized spacial score (nSPS) is 32.9. The number of nitrogens with zero attached hydrogens (tertiary/aromatic N) is 1. The quantitative estimate of drug-likeness (QED) is 0.465. The molecule has 1 aliphatic heterocycles. The number of carbonyl (C=O) groups excluding carboxylic acids is 2. The molecular formula is C22H27NO4. The molecule has 27 heavy (non-hydrogen) atoms. The Morgan fingerprint density at radius 2 is 1.78 bits per heavy atom. The molecule has 5 heteroatoms. The SMILES string of the molecule is C=C[C@H]1CC(C(=O)OC)(C(=O)OC)[C@]23CCCC[C@]12c1ccccc1N3C. The van der Waals surface area contributed by atoms with Crippen LogP contribution in [0.1, 0.15) is 37.7 Å². The lowest BCUT2D eigenvalue weighted by Gasteiger charge is -2.55. The second-order valence-corrected chi connectivity index (χ2v) is 8.05.